The summed E-state index contributed by atoms with van der Waals surface area (Å²) in [5.74, 6) is 1.75. The van der Waals surface area contributed by atoms with E-state index in [0.717, 1.165) is 80.3 Å². The van der Waals surface area contributed by atoms with Gasteiger partial charge in [-0.3, -0.25) is 14.5 Å². The van der Waals surface area contributed by atoms with E-state index in [0.29, 0.717) is 28.9 Å². The highest BCUT2D eigenvalue weighted by Gasteiger charge is 2.27. The van der Waals surface area contributed by atoms with Crippen molar-refractivity contribution in [3.05, 3.63) is 70.5 Å². The molecule has 7 rings (SSSR count). The Morgan fingerprint density at radius 3 is 2.63 bits per heavy atom. The number of carbonyl (C=O) groups excluding carboxylic acids is 1. The second-order valence-electron chi connectivity index (χ2n) is 13.1. The minimum absolute atomic E-state index is 0.139. The number of nitrogens with zero attached hydrogens (tertiary/aromatic N) is 3. The van der Waals surface area contributed by atoms with E-state index >= 15 is 0 Å². The molecule has 1 atom stereocenters. The predicted octanol–water partition coefficient (Wildman–Crippen LogP) is 5.63. The van der Waals surface area contributed by atoms with Gasteiger partial charge in [0.25, 0.3) is 5.91 Å². The second-order valence-corrected chi connectivity index (χ2v) is 13.1. The number of ether oxygens (including phenoxy) is 2. The van der Waals surface area contributed by atoms with Crippen LogP contribution < -0.4 is 20.8 Å². The van der Waals surface area contributed by atoms with E-state index in [1.54, 1.807) is 6.20 Å². The molecule has 242 valence electrons. The average Bonchev–Trinajstić information content (AvgIpc) is 3.29. The summed E-state index contributed by atoms with van der Waals surface area (Å²) >= 11 is 0. The molecule has 2 N–H and O–H groups in total. The van der Waals surface area contributed by atoms with E-state index in [-0.39, 0.29) is 16.9 Å². The number of hydrogen-bond acceptors (Lipinski definition) is 7. The van der Waals surface area contributed by atoms with Crippen LogP contribution in [0.3, 0.4) is 0 Å². The summed E-state index contributed by atoms with van der Waals surface area (Å²) in [6.45, 7) is 7.93. The molecule has 0 saturated carbocycles. The van der Waals surface area contributed by atoms with Gasteiger partial charge in [0.1, 0.15) is 11.1 Å². The molecule has 1 aromatic heterocycles. The molecular weight excluding hydrogens is 578 g/mol. The molecule has 2 saturated heterocycles. The predicted molar refractivity (Wildman–Crippen MR) is 184 cm³/mol. The fraction of sp³-hybridized carbons (Fsp3) is 0.459. The van der Waals surface area contributed by atoms with Crippen LogP contribution in [-0.2, 0) is 4.74 Å². The maximum absolute atomic E-state index is 13.8. The summed E-state index contributed by atoms with van der Waals surface area (Å²) in [5, 5.41) is 9.24. The van der Waals surface area contributed by atoms with Crippen molar-refractivity contribution in [2.75, 3.05) is 71.4 Å². The number of carbonyl (C=O) groups is 1. The third-order valence-electron chi connectivity index (χ3n) is 9.88. The van der Waals surface area contributed by atoms with Crippen LogP contribution in [0.5, 0.6) is 11.5 Å². The average molecular weight is 624 g/mol. The highest BCUT2D eigenvalue weighted by Crippen LogP contribution is 2.45. The molecule has 9 nitrogen and oxygen atoms in total. The molecule has 3 aromatic carbocycles. The third-order valence-corrected chi connectivity index (χ3v) is 9.88. The zero-order chi connectivity index (χ0) is 31.5. The highest BCUT2D eigenvalue weighted by molar-refractivity contribution is 6.01. The van der Waals surface area contributed by atoms with Crippen molar-refractivity contribution in [1.29, 1.82) is 0 Å². The van der Waals surface area contributed by atoms with Crippen molar-refractivity contribution in [3.8, 4) is 17.2 Å². The van der Waals surface area contributed by atoms with Crippen LogP contribution in [0.25, 0.3) is 27.4 Å². The number of hydrogen-bond donors (Lipinski definition) is 2. The maximum Gasteiger partial charge on any atom is 0.256 e. The first-order valence-corrected chi connectivity index (χ1v) is 17.0. The van der Waals surface area contributed by atoms with Gasteiger partial charge < -0.3 is 29.6 Å². The Bertz CT molecular complexity index is 1780. The van der Waals surface area contributed by atoms with E-state index in [1.165, 1.54) is 38.8 Å². The molecule has 3 aliphatic heterocycles. The minimum atomic E-state index is -0.347. The lowest BCUT2D eigenvalue weighted by Crippen LogP contribution is -2.38. The molecule has 0 unspecified atom stereocenters. The van der Waals surface area contributed by atoms with E-state index in [2.05, 4.69) is 45.7 Å². The Kier molecular flexibility index (Phi) is 9.23. The Balaban J connectivity index is 1.16. The number of benzene rings is 3. The Morgan fingerprint density at radius 1 is 0.957 bits per heavy atom. The number of nitrogens with one attached hydrogen (secondary N) is 2. The monoisotopic (exact) mass is 623 g/mol. The molecule has 0 spiro atoms. The van der Waals surface area contributed by atoms with Gasteiger partial charge in [0.2, 0.25) is 5.43 Å². The highest BCUT2D eigenvalue weighted by atomic mass is 16.5. The second kappa shape index (κ2) is 13.8. The first kappa shape index (κ1) is 30.7. The molecule has 0 bridgehead atoms. The van der Waals surface area contributed by atoms with Crippen LogP contribution in [0.4, 0.5) is 5.69 Å². The molecule has 46 heavy (non-hydrogen) atoms. The van der Waals surface area contributed by atoms with Crippen molar-refractivity contribution in [1.82, 2.24) is 19.7 Å². The van der Waals surface area contributed by atoms with Crippen LogP contribution >= 0.6 is 0 Å². The molecule has 0 radical (unpaired) electrons. The van der Waals surface area contributed by atoms with Gasteiger partial charge in [-0.05, 0) is 106 Å². The van der Waals surface area contributed by atoms with E-state index in [1.807, 2.05) is 34.9 Å². The number of morpholine rings is 1. The number of anilines is 1. The van der Waals surface area contributed by atoms with Crippen LogP contribution in [-0.4, -0.2) is 86.3 Å². The Hall–Kier alpha value is -3.92. The van der Waals surface area contributed by atoms with Crippen molar-refractivity contribution >= 4 is 33.3 Å². The van der Waals surface area contributed by atoms with E-state index in [4.69, 9.17) is 9.47 Å². The topological polar surface area (TPSA) is 88.1 Å². The molecule has 2 fully saturated rings. The summed E-state index contributed by atoms with van der Waals surface area (Å²) in [6, 6.07) is 16.1. The van der Waals surface area contributed by atoms with Crippen molar-refractivity contribution in [3.63, 3.8) is 0 Å². The third kappa shape index (κ3) is 6.49. The summed E-state index contributed by atoms with van der Waals surface area (Å²) in [7, 11) is 2.22. The van der Waals surface area contributed by atoms with Crippen molar-refractivity contribution < 1.29 is 14.3 Å². The van der Waals surface area contributed by atoms with Crippen LogP contribution in [0.1, 0.15) is 48.9 Å². The molecular formula is C37H45N5O4. The van der Waals surface area contributed by atoms with Gasteiger partial charge >= 0.3 is 0 Å². The van der Waals surface area contributed by atoms with Crippen LogP contribution in [0, 0.1) is 5.92 Å². The smallest absolute Gasteiger partial charge is 0.256 e. The summed E-state index contributed by atoms with van der Waals surface area (Å²) < 4.78 is 14.0. The number of likely N-dealkylation sites (tertiary alicyclic amines) is 1. The SMILES string of the molecule is CN1CCC[C@@H](CCCNc2ccc3c(=O)c(C(=O)NCCCN4CCOCC4)cn4c3c2Oc2cc3ccccc3cc2-4)CC1. The van der Waals surface area contributed by atoms with Gasteiger partial charge in [0, 0.05) is 32.4 Å². The quantitative estimate of drug-likeness (QED) is 0.195. The van der Waals surface area contributed by atoms with Gasteiger partial charge in [-0.25, -0.2) is 0 Å². The van der Waals surface area contributed by atoms with Gasteiger partial charge in [0.15, 0.2) is 11.5 Å². The zero-order valence-corrected chi connectivity index (χ0v) is 26.9. The first-order chi connectivity index (χ1) is 22.5. The summed E-state index contributed by atoms with van der Waals surface area (Å²) in [4.78, 5) is 32.1. The van der Waals surface area contributed by atoms with Crippen LogP contribution in [0.15, 0.2) is 59.5 Å². The standard InChI is InChI=1S/C37H45N5O4/c1-40-16-5-8-26(13-18-40)7-4-14-38-31-12-11-29-34-36(31)46-33-24-28-10-3-2-9-27(28)23-32(33)42(34)25-30(35(29)43)37(44)39-15-6-17-41-19-21-45-22-20-41/h2-3,9-12,23-26,38H,4-8,13-22H2,1H3,(H,39,44)/t26-/m1/s1. The molecule has 1 amide bonds. The Morgan fingerprint density at radius 2 is 1.78 bits per heavy atom. The number of fused-ring (bicyclic) bond motifs is 3. The van der Waals surface area contributed by atoms with Crippen molar-refractivity contribution in [2.24, 2.45) is 5.92 Å². The van der Waals surface area contributed by atoms with Gasteiger partial charge in [0.05, 0.1) is 30.0 Å². The lowest BCUT2D eigenvalue weighted by Gasteiger charge is -2.27. The van der Waals surface area contributed by atoms with E-state index in [9.17, 15) is 9.59 Å². The fourth-order valence-corrected chi connectivity index (χ4v) is 7.21. The maximum atomic E-state index is 13.8. The lowest BCUT2D eigenvalue weighted by molar-refractivity contribution is 0.0374. The normalized spacial score (nSPS) is 18.6. The van der Waals surface area contributed by atoms with Crippen molar-refractivity contribution in [2.45, 2.75) is 38.5 Å². The number of aromatic nitrogens is 1. The number of rotatable bonds is 10. The minimum Gasteiger partial charge on any atom is -0.451 e. The fourth-order valence-electron chi connectivity index (χ4n) is 7.21. The molecule has 4 aromatic rings. The molecule has 4 heterocycles. The summed E-state index contributed by atoms with van der Waals surface area (Å²) in [6.07, 6.45) is 8.63. The number of amides is 1. The molecule has 9 heteroatoms. The summed E-state index contributed by atoms with van der Waals surface area (Å²) in [5.41, 5.74) is 2.22. The Labute approximate surface area is 270 Å². The van der Waals surface area contributed by atoms with E-state index < -0.39 is 0 Å². The van der Waals surface area contributed by atoms with Gasteiger partial charge in [-0.15, -0.1) is 0 Å². The van der Waals surface area contributed by atoms with Gasteiger partial charge in [-0.1, -0.05) is 24.3 Å². The van der Waals surface area contributed by atoms with Crippen LogP contribution in [0.2, 0.25) is 0 Å². The van der Waals surface area contributed by atoms with Gasteiger partial charge in [-0.2, -0.15) is 0 Å². The zero-order valence-electron chi connectivity index (χ0n) is 26.9. The molecule has 3 aliphatic rings. The largest absolute Gasteiger partial charge is 0.451 e. The molecule has 0 aliphatic carbocycles. The first-order valence-electron chi connectivity index (χ1n) is 17.0. The number of pyridine rings is 1. The lowest BCUT2D eigenvalue weighted by atomic mass is 9.95.